The molecule has 3 nitrogen and oxygen atoms in total. The Labute approximate surface area is 121 Å². The van der Waals surface area contributed by atoms with Crippen LogP contribution < -0.4 is 5.32 Å². The number of aromatic nitrogens is 2. The Balaban J connectivity index is 2.43. The van der Waals surface area contributed by atoms with Gasteiger partial charge in [0.2, 0.25) is 0 Å². The molecule has 1 aromatic heterocycles. The Morgan fingerprint density at radius 2 is 2.26 bits per heavy atom. The van der Waals surface area contributed by atoms with Gasteiger partial charge in [0.1, 0.15) is 5.82 Å². The molecule has 19 heavy (non-hydrogen) atoms. The molecule has 0 saturated carbocycles. The van der Waals surface area contributed by atoms with Crippen molar-refractivity contribution in [1.82, 2.24) is 14.9 Å². The minimum Gasteiger partial charge on any atom is -0.336 e. The summed E-state index contributed by atoms with van der Waals surface area (Å²) in [6.07, 6.45) is 4.49. The molecule has 0 aliphatic heterocycles. The predicted octanol–water partition coefficient (Wildman–Crippen LogP) is 3.41. The third kappa shape index (κ3) is 3.04. The van der Waals surface area contributed by atoms with Gasteiger partial charge in [0.25, 0.3) is 0 Å². The number of imidazole rings is 1. The number of aryl methyl sites for hydroxylation is 1. The lowest BCUT2D eigenvalue weighted by molar-refractivity contribution is 0.527. The minimum absolute atomic E-state index is 0.190. The Bertz CT molecular complexity index is 553. The molecule has 1 atom stereocenters. The summed E-state index contributed by atoms with van der Waals surface area (Å²) in [5, 5.41) is 3.38. The average molecular weight is 326 g/mol. The van der Waals surface area contributed by atoms with E-state index >= 15 is 0 Å². The first-order valence-electron chi connectivity index (χ1n) is 6.28. The summed E-state index contributed by atoms with van der Waals surface area (Å²) < 4.78 is 16.7. The number of nitrogens with zero attached hydrogens (tertiary/aromatic N) is 2. The summed E-state index contributed by atoms with van der Waals surface area (Å²) in [7, 11) is 1.92. The molecule has 2 aromatic rings. The number of rotatable bonds is 5. The van der Waals surface area contributed by atoms with E-state index in [0.717, 1.165) is 18.7 Å². The Hall–Kier alpha value is -1.20. The normalized spacial score (nSPS) is 12.6. The maximum Gasteiger partial charge on any atom is 0.142 e. The molecule has 0 aliphatic carbocycles. The molecule has 0 bridgehead atoms. The van der Waals surface area contributed by atoms with Crippen LogP contribution in [-0.2, 0) is 7.05 Å². The molecular formula is C14H17BrFN3. The van der Waals surface area contributed by atoms with Crippen LogP contribution in [0.2, 0.25) is 0 Å². The van der Waals surface area contributed by atoms with Crippen molar-refractivity contribution < 1.29 is 4.39 Å². The summed E-state index contributed by atoms with van der Waals surface area (Å²) >= 11 is 3.24. The van der Waals surface area contributed by atoms with Gasteiger partial charge in [0.05, 0.1) is 28.7 Å². The van der Waals surface area contributed by atoms with Crippen LogP contribution in [0, 0.1) is 5.82 Å². The summed E-state index contributed by atoms with van der Waals surface area (Å²) in [6.45, 7) is 2.91. The fourth-order valence-electron chi connectivity index (χ4n) is 2.05. The SMILES string of the molecule is CCCNC(c1cccc(Br)c1F)c1cncn1C. The molecule has 1 N–H and O–H groups in total. The highest BCUT2D eigenvalue weighted by molar-refractivity contribution is 9.10. The van der Waals surface area contributed by atoms with Gasteiger partial charge in [0, 0.05) is 12.6 Å². The van der Waals surface area contributed by atoms with Crippen molar-refractivity contribution in [1.29, 1.82) is 0 Å². The van der Waals surface area contributed by atoms with Gasteiger partial charge in [-0.2, -0.15) is 0 Å². The van der Waals surface area contributed by atoms with Crippen LogP contribution in [0.15, 0.2) is 35.2 Å². The maximum absolute atomic E-state index is 14.3. The Kier molecular flexibility index (Phi) is 4.71. The van der Waals surface area contributed by atoms with Crippen molar-refractivity contribution in [3.05, 3.63) is 52.3 Å². The molecule has 1 aromatic carbocycles. The molecule has 5 heteroatoms. The molecule has 1 heterocycles. The third-order valence-electron chi connectivity index (χ3n) is 3.04. The molecular weight excluding hydrogens is 309 g/mol. The van der Waals surface area contributed by atoms with E-state index in [4.69, 9.17) is 0 Å². The van der Waals surface area contributed by atoms with E-state index < -0.39 is 0 Å². The lowest BCUT2D eigenvalue weighted by Gasteiger charge is -2.20. The van der Waals surface area contributed by atoms with Crippen LogP contribution in [0.3, 0.4) is 0 Å². The van der Waals surface area contributed by atoms with Crippen LogP contribution in [0.4, 0.5) is 4.39 Å². The molecule has 0 spiro atoms. The van der Waals surface area contributed by atoms with Crippen molar-refractivity contribution in [2.45, 2.75) is 19.4 Å². The van der Waals surface area contributed by atoms with Crippen LogP contribution in [0.1, 0.15) is 30.6 Å². The Morgan fingerprint density at radius 3 is 2.89 bits per heavy atom. The number of benzene rings is 1. The highest BCUT2D eigenvalue weighted by Gasteiger charge is 2.20. The van der Waals surface area contributed by atoms with Gasteiger partial charge in [-0.15, -0.1) is 0 Å². The number of nitrogens with one attached hydrogen (secondary N) is 1. The second-order valence-corrected chi connectivity index (χ2v) is 5.31. The van der Waals surface area contributed by atoms with Crippen molar-refractivity contribution >= 4 is 15.9 Å². The topological polar surface area (TPSA) is 29.9 Å². The van der Waals surface area contributed by atoms with Crippen molar-refractivity contribution in [3.8, 4) is 0 Å². The highest BCUT2D eigenvalue weighted by Crippen LogP contribution is 2.28. The van der Waals surface area contributed by atoms with E-state index in [-0.39, 0.29) is 11.9 Å². The largest absolute Gasteiger partial charge is 0.336 e. The first-order chi connectivity index (χ1) is 9.15. The average Bonchev–Trinajstić information content (AvgIpc) is 2.81. The van der Waals surface area contributed by atoms with Gasteiger partial charge in [0.15, 0.2) is 0 Å². The lowest BCUT2D eigenvalue weighted by Crippen LogP contribution is -2.26. The zero-order chi connectivity index (χ0) is 13.8. The van der Waals surface area contributed by atoms with E-state index in [0.29, 0.717) is 10.0 Å². The molecule has 102 valence electrons. The monoisotopic (exact) mass is 325 g/mol. The first kappa shape index (κ1) is 14.2. The number of hydrogen-bond acceptors (Lipinski definition) is 2. The molecule has 0 amide bonds. The van der Waals surface area contributed by atoms with Gasteiger partial charge in [-0.1, -0.05) is 19.1 Å². The zero-order valence-corrected chi connectivity index (χ0v) is 12.6. The molecule has 0 radical (unpaired) electrons. The van der Waals surface area contributed by atoms with E-state index in [1.807, 2.05) is 17.7 Å². The molecule has 2 rings (SSSR count). The summed E-state index contributed by atoms with van der Waals surface area (Å²) in [5.41, 5.74) is 1.58. The van der Waals surface area contributed by atoms with Gasteiger partial charge >= 0.3 is 0 Å². The Morgan fingerprint density at radius 1 is 1.47 bits per heavy atom. The van der Waals surface area contributed by atoms with Crippen LogP contribution >= 0.6 is 15.9 Å². The number of halogens is 2. The summed E-state index contributed by atoms with van der Waals surface area (Å²) in [6, 6.07) is 5.17. The summed E-state index contributed by atoms with van der Waals surface area (Å²) in [4.78, 5) is 4.12. The minimum atomic E-state index is -0.225. The van der Waals surface area contributed by atoms with Crippen LogP contribution in [0.25, 0.3) is 0 Å². The highest BCUT2D eigenvalue weighted by atomic mass is 79.9. The first-order valence-corrected chi connectivity index (χ1v) is 7.08. The van der Waals surface area contributed by atoms with Gasteiger partial charge in [-0.25, -0.2) is 9.37 Å². The number of hydrogen-bond donors (Lipinski definition) is 1. The maximum atomic E-state index is 14.3. The van der Waals surface area contributed by atoms with Gasteiger partial charge < -0.3 is 9.88 Å². The second kappa shape index (κ2) is 6.30. The predicted molar refractivity (Wildman–Crippen MR) is 77.4 cm³/mol. The third-order valence-corrected chi connectivity index (χ3v) is 3.65. The quantitative estimate of drug-likeness (QED) is 0.912. The van der Waals surface area contributed by atoms with Gasteiger partial charge in [-0.05, 0) is 35.0 Å². The van der Waals surface area contributed by atoms with E-state index in [2.05, 4.69) is 33.2 Å². The fourth-order valence-corrected chi connectivity index (χ4v) is 2.43. The van der Waals surface area contributed by atoms with Gasteiger partial charge in [-0.3, -0.25) is 0 Å². The fraction of sp³-hybridized carbons (Fsp3) is 0.357. The standard InChI is InChI=1S/C14H17BrFN3/c1-3-7-18-14(12-8-17-9-19(12)2)10-5-4-6-11(15)13(10)16/h4-6,8-9,14,18H,3,7H2,1-2H3. The van der Waals surface area contributed by atoms with Crippen LogP contribution in [-0.4, -0.2) is 16.1 Å². The zero-order valence-electron chi connectivity index (χ0n) is 11.0. The smallest absolute Gasteiger partial charge is 0.142 e. The molecule has 0 fully saturated rings. The van der Waals surface area contributed by atoms with Crippen LogP contribution in [0.5, 0.6) is 0 Å². The van der Waals surface area contributed by atoms with E-state index in [1.54, 1.807) is 24.7 Å². The van der Waals surface area contributed by atoms with E-state index in [1.165, 1.54) is 0 Å². The summed E-state index contributed by atoms with van der Waals surface area (Å²) in [5.74, 6) is -0.225. The lowest BCUT2D eigenvalue weighted by atomic mass is 10.0. The molecule has 0 saturated heterocycles. The van der Waals surface area contributed by atoms with Crippen molar-refractivity contribution in [2.75, 3.05) is 6.54 Å². The van der Waals surface area contributed by atoms with Crippen molar-refractivity contribution in [3.63, 3.8) is 0 Å². The second-order valence-electron chi connectivity index (χ2n) is 4.46. The molecule has 0 aliphatic rings. The van der Waals surface area contributed by atoms with Crippen molar-refractivity contribution in [2.24, 2.45) is 7.05 Å². The molecule has 1 unspecified atom stereocenters. The van der Waals surface area contributed by atoms with E-state index in [9.17, 15) is 4.39 Å².